The Bertz CT molecular complexity index is 1060. The monoisotopic (exact) mass is 387 g/mol. The van der Waals surface area contributed by atoms with Crippen LogP contribution in [0.1, 0.15) is 16.7 Å². The second-order valence-corrected chi connectivity index (χ2v) is 7.66. The van der Waals surface area contributed by atoms with Gasteiger partial charge in [-0.15, -0.1) is 10.2 Å². The topological polar surface area (TPSA) is 56.5 Å². The van der Waals surface area contributed by atoms with Crippen LogP contribution in [0.3, 0.4) is 0 Å². The van der Waals surface area contributed by atoms with Crippen molar-refractivity contribution in [2.75, 3.05) is 5.75 Å². The molecule has 0 bridgehead atoms. The molecule has 4 rings (SSSR count). The molecular weight excluding hydrogens is 366 g/mol. The molecule has 0 spiro atoms. The second kappa shape index (κ2) is 8.35. The molecule has 0 N–H and O–H groups in total. The summed E-state index contributed by atoms with van der Waals surface area (Å²) in [5.74, 6) is 1.67. The van der Waals surface area contributed by atoms with Gasteiger partial charge in [0.25, 0.3) is 0 Å². The summed E-state index contributed by atoms with van der Waals surface area (Å²) in [7, 11) is 0. The number of thioether (sulfide) groups is 1. The molecule has 0 amide bonds. The van der Waals surface area contributed by atoms with Gasteiger partial charge >= 0.3 is 0 Å². The smallest absolute Gasteiger partial charge is 0.196 e. The fourth-order valence-electron chi connectivity index (χ4n) is 3.11. The third kappa shape index (κ3) is 3.97. The van der Waals surface area contributed by atoms with Crippen molar-refractivity contribution in [1.82, 2.24) is 24.7 Å². The minimum atomic E-state index is 0.763. The summed E-state index contributed by atoms with van der Waals surface area (Å²) in [5, 5.41) is 9.84. The van der Waals surface area contributed by atoms with Crippen molar-refractivity contribution in [2.24, 2.45) is 0 Å². The standard InChI is InChI=1S/C22H21N5S/c1-16-6-7-20(17(2)15-16)27-21(19-5-3-4-11-24-19)25-26-22(27)28-14-10-18-8-12-23-13-9-18/h3-9,11-13,15H,10,14H2,1-2H3. The van der Waals surface area contributed by atoms with E-state index < -0.39 is 0 Å². The molecule has 5 nitrogen and oxygen atoms in total. The Kier molecular flexibility index (Phi) is 5.48. The lowest BCUT2D eigenvalue weighted by Gasteiger charge is -2.13. The average Bonchev–Trinajstić information content (AvgIpc) is 3.13. The first-order valence-corrected chi connectivity index (χ1v) is 10.2. The Morgan fingerprint density at radius 3 is 2.54 bits per heavy atom. The summed E-state index contributed by atoms with van der Waals surface area (Å²) < 4.78 is 2.12. The van der Waals surface area contributed by atoms with Crippen molar-refractivity contribution in [3.05, 3.63) is 83.8 Å². The number of nitrogens with zero attached hydrogens (tertiary/aromatic N) is 5. The maximum absolute atomic E-state index is 4.49. The summed E-state index contributed by atoms with van der Waals surface area (Å²) in [6.07, 6.45) is 6.40. The molecule has 0 radical (unpaired) electrons. The molecule has 0 saturated carbocycles. The Morgan fingerprint density at radius 2 is 1.79 bits per heavy atom. The van der Waals surface area contributed by atoms with Crippen LogP contribution in [0.25, 0.3) is 17.2 Å². The van der Waals surface area contributed by atoms with Gasteiger partial charge in [0.15, 0.2) is 11.0 Å². The zero-order valence-electron chi connectivity index (χ0n) is 15.9. The lowest BCUT2D eigenvalue weighted by atomic mass is 10.1. The molecule has 140 valence electrons. The fourth-order valence-corrected chi connectivity index (χ4v) is 4.04. The van der Waals surface area contributed by atoms with Gasteiger partial charge in [-0.1, -0.05) is 35.5 Å². The van der Waals surface area contributed by atoms with E-state index >= 15 is 0 Å². The van der Waals surface area contributed by atoms with Crippen molar-refractivity contribution in [1.29, 1.82) is 0 Å². The predicted octanol–water partition coefficient (Wildman–Crippen LogP) is 4.68. The van der Waals surface area contributed by atoms with E-state index in [4.69, 9.17) is 0 Å². The van der Waals surface area contributed by atoms with Gasteiger partial charge in [-0.05, 0) is 61.7 Å². The van der Waals surface area contributed by atoms with Crippen LogP contribution in [0.5, 0.6) is 0 Å². The molecular formula is C22H21N5S. The molecule has 3 heterocycles. The highest BCUT2D eigenvalue weighted by molar-refractivity contribution is 7.99. The maximum Gasteiger partial charge on any atom is 0.196 e. The van der Waals surface area contributed by atoms with Gasteiger partial charge in [-0.3, -0.25) is 14.5 Å². The van der Waals surface area contributed by atoms with E-state index in [0.717, 1.165) is 34.5 Å². The van der Waals surface area contributed by atoms with Crippen LogP contribution >= 0.6 is 11.8 Å². The number of benzene rings is 1. The molecule has 1 aromatic carbocycles. The van der Waals surface area contributed by atoms with Crippen LogP contribution < -0.4 is 0 Å². The van der Waals surface area contributed by atoms with E-state index in [2.05, 4.69) is 68.9 Å². The lowest BCUT2D eigenvalue weighted by Crippen LogP contribution is -2.03. The highest BCUT2D eigenvalue weighted by atomic mass is 32.2. The minimum Gasteiger partial charge on any atom is -0.268 e. The first kappa shape index (κ1) is 18.4. The first-order valence-electron chi connectivity index (χ1n) is 9.18. The maximum atomic E-state index is 4.49. The lowest BCUT2D eigenvalue weighted by molar-refractivity contribution is 0.877. The molecule has 0 aliphatic carbocycles. The van der Waals surface area contributed by atoms with Crippen LogP contribution in [0, 0.1) is 13.8 Å². The van der Waals surface area contributed by atoms with E-state index in [1.165, 1.54) is 16.7 Å². The molecule has 0 unspecified atom stereocenters. The van der Waals surface area contributed by atoms with Crippen molar-refractivity contribution >= 4 is 11.8 Å². The highest BCUT2D eigenvalue weighted by Crippen LogP contribution is 2.29. The van der Waals surface area contributed by atoms with E-state index in [1.54, 1.807) is 18.0 Å². The predicted molar refractivity (Wildman–Crippen MR) is 113 cm³/mol. The number of hydrogen-bond acceptors (Lipinski definition) is 5. The quantitative estimate of drug-likeness (QED) is 0.450. The van der Waals surface area contributed by atoms with E-state index in [-0.39, 0.29) is 0 Å². The minimum absolute atomic E-state index is 0.763. The summed E-state index contributed by atoms with van der Waals surface area (Å²) in [6.45, 7) is 4.23. The SMILES string of the molecule is Cc1ccc(-n2c(SCCc3ccncc3)nnc2-c2ccccn2)c(C)c1. The van der Waals surface area contributed by atoms with Crippen molar-refractivity contribution in [3.8, 4) is 17.2 Å². The summed E-state index contributed by atoms with van der Waals surface area (Å²) in [6, 6.07) is 16.4. The van der Waals surface area contributed by atoms with Gasteiger partial charge in [0.2, 0.25) is 0 Å². The van der Waals surface area contributed by atoms with Gasteiger partial charge in [0.05, 0.1) is 5.69 Å². The molecule has 0 aliphatic heterocycles. The second-order valence-electron chi connectivity index (χ2n) is 6.60. The molecule has 0 saturated heterocycles. The van der Waals surface area contributed by atoms with Gasteiger partial charge < -0.3 is 0 Å². The zero-order chi connectivity index (χ0) is 19.3. The first-order chi connectivity index (χ1) is 13.7. The molecule has 0 fully saturated rings. The van der Waals surface area contributed by atoms with Crippen LogP contribution in [0.15, 0.2) is 72.3 Å². The number of rotatable bonds is 6. The normalized spacial score (nSPS) is 10.9. The number of aryl methyl sites for hydroxylation is 3. The number of pyridine rings is 2. The third-order valence-electron chi connectivity index (χ3n) is 4.49. The zero-order valence-corrected chi connectivity index (χ0v) is 16.7. The Balaban J connectivity index is 1.69. The molecule has 28 heavy (non-hydrogen) atoms. The third-order valence-corrected chi connectivity index (χ3v) is 5.42. The van der Waals surface area contributed by atoms with Gasteiger partial charge in [0.1, 0.15) is 5.69 Å². The van der Waals surface area contributed by atoms with Crippen LogP contribution in [0.4, 0.5) is 0 Å². The molecule has 3 aromatic heterocycles. The van der Waals surface area contributed by atoms with Crippen molar-refractivity contribution < 1.29 is 0 Å². The van der Waals surface area contributed by atoms with Gasteiger partial charge in [0, 0.05) is 24.3 Å². The van der Waals surface area contributed by atoms with Gasteiger partial charge in [-0.2, -0.15) is 0 Å². The summed E-state index contributed by atoms with van der Waals surface area (Å²) in [4.78, 5) is 8.56. The van der Waals surface area contributed by atoms with Crippen molar-refractivity contribution in [2.45, 2.75) is 25.4 Å². The Labute approximate surface area is 168 Å². The average molecular weight is 388 g/mol. The molecule has 0 atom stereocenters. The van der Waals surface area contributed by atoms with Crippen LogP contribution in [-0.2, 0) is 6.42 Å². The molecule has 4 aromatic rings. The summed E-state index contributed by atoms with van der Waals surface area (Å²) in [5.41, 5.74) is 5.59. The van der Waals surface area contributed by atoms with E-state index in [0.29, 0.717) is 0 Å². The van der Waals surface area contributed by atoms with Crippen molar-refractivity contribution in [3.63, 3.8) is 0 Å². The van der Waals surface area contributed by atoms with Crippen LogP contribution in [-0.4, -0.2) is 30.5 Å². The summed E-state index contributed by atoms with van der Waals surface area (Å²) >= 11 is 1.71. The van der Waals surface area contributed by atoms with Gasteiger partial charge in [-0.25, -0.2) is 0 Å². The molecule has 6 heteroatoms. The Morgan fingerprint density at radius 1 is 0.929 bits per heavy atom. The number of hydrogen-bond donors (Lipinski definition) is 0. The fraction of sp³-hybridized carbons (Fsp3) is 0.182. The van der Waals surface area contributed by atoms with E-state index in [1.807, 2.05) is 30.6 Å². The Hall–Kier alpha value is -2.99. The largest absolute Gasteiger partial charge is 0.268 e. The molecule has 0 aliphatic rings. The van der Waals surface area contributed by atoms with Crippen LogP contribution in [0.2, 0.25) is 0 Å². The van der Waals surface area contributed by atoms with E-state index in [9.17, 15) is 0 Å². The number of aromatic nitrogens is 5. The highest BCUT2D eigenvalue weighted by Gasteiger charge is 2.18.